The molecule has 0 fully saturated rings. The van der Waals surface area contributed by atoms with Crippen molar-refractivity contribution in [3.63, 3.8) is 0 Å². The Balaban J connectivity index is 2.62. The fraction of sp³-hybridized carbons (Fsp3) is 0.562. The molecule has 1 rings (SSSR count). The first-order chi connectivity index (χ1) is 9.15. The van der Waals surface area contributed by atoms with Crippen LogP contribution in [0.25, 0.3) is 0 Å². The van der Waals surface area contributed by atoms with Gasteiger partial charge in [0.25, 0.3) is 0 Å². The zero-order valence-electron chi connectivity index (χ0n) is 12.3. The Bertz CT molecular complexity index is 407. The standard InChI is InChI=1S/C16H25N3/c1-5-10-19(11-6-2)13-16-9-7-8-15(18-16)12-17-14(3)4/h1,7-9,14,17H,6,10-13H2,2-4H3. The molecule has 0 unspecified atom stereocenters. The zero-order chi connectivity index (χ0) is 14.1. The van der Waals surface area contributed by atoms with E-state index in [9.17, 15) is 0 Å². The molecule has 0 atom stereocenters. The lowest BCUT2D eigenvalue weighted by Crippen LogP contribution is -2.26. The summed E-state index contributed by atoms with van der Waals surface area (Å²) in [6.45, 7) is 9.78. The van der Waals surface area contributed by atoms with Gasteiger partial charge in [-0.3, -0.25) is 9.88 Å². The van der Waals surface area contributed by atoms with Crippen molar-refractivity contribution in [3.8, 4) is 12.3 Å². The van der Waals surface area contributed by atoms with Crippen molar-refractivity contribution in [2.75, 3.05) is 13.1 Å². The van der Waals surface area contributed by atoms with E-state index in [0.717, 1.165) is 37.4 Å². The lowest BCUT2D eigenvalue weighted by Gasteiger charge is -2.18. The van der Waals surface area contributed by atoms with E-state index in [1.165, 1.54) is 0 Å². The maximum Gasteiger partial charge on any atom is 0.0602 e. The first-order valence-electron chi connectivity index (χ1n) is 6.99. The second-order valence-electron chi connectivity index (χ2n) is 5.07. The average molecular weight is 259 g/mol. The molecule has 0 bridgehead atoms. The monoisotopic (exact) mass is 259 g/mol. The number of hydrogen-bond donors (Lipinski definition) is 1. The van der Waals surface area contributed by atoms with E-state index in [0.29, 0.717) is 12.6 Å². The molecular formula is C16H25N3. The van der Waals surface area contributed by atoms with Gasteiger partial charge in [0.15, 0.2) is 0 Å². The van der Waals surface area contributed by atoms with Gasteiger partial charge in [0.2, 0.25) is 0 Å². The Labute approximate surface area is 117 Å². The highest BCUT2D eigenvalue weighted by Gasteiger charge is 2.05. The number of hydrogen-bond acceptors (Lipinski definition) is 3. The van der Waals surface area contributed by atoms with Crippen LogP contribution in [0.4, 0.5) is 0 Å². The first-order valence-corrected chi connectivity index (χ1v) is 6.99. The summed E-state index contributed by atoms with van der Waals surface area (Å²) < 4.78 is 0. The van der Waals surface area contributed by atoms with Crippen molar-refractivity contribution in [2.24, 2.45) is 0 Å². The molecule has 1 aromatic rings. The molecule has 0 aromatic carbocycles. The van der Waals surface area contributed by atoms with Crippen LogP contribution in [0.2, 0.25) is 0 Å². The van der Waals surface area contributed by atoms with Gasteiger partial charge in [0.1, 0.15) is 0 Å². The molecule has 1 aromatic heterocycles. The van der Waals surface area contributed by atoms with Crippen molar-refractivity contribution in [1.29, 1.82) is 0 Å². The van der Waals surface area contributed by atoms with Crippen LogP contribution in [0.15, 0.2) is 18.2 Å². The van der Waals surface area contributed by atoms with E-state index in [2.05, 4.69) is 60.1 Å². The second kappa shape index (κ2) is 8.68. The maximum atomic E-state index is 5.40. The van der Waals surface area contributed by atoms with Gasteiger partial charge in [-0.15, -0.1) is 6.42 Å². The molecule has 1 N–H and O–H groups in total. The van der Waals surface area contributed by atoms with Gasteiger partial charge in [-0.1, -0.05) is 32.8 Å². The minimum absolute atomic E-state index is 0.475. The predicted molar refractivity (Wildman–Crippen MR) is 80.6 cm³/mol. The van der Waals surface area contributed by atoms with E-state index in [-0.39, 0.29) is 0 Å². The van der Waals surface area contributed by atoms with Crippen molar-refractivity contribution in [2.45, 2.75) is 46.3 Å². The molecule has 0 saturated heterocycles. The van der Waals surface area contributed by atoms with Crippen molar-refractivity contribution in [3.05, 3.63) is 29.6 Å². The Morgan fingerprint density at radius 1 is 1.37 bits per heavy atom. The van der Waals surface area contributed by atoms with Crippen molar-refractivity contribution >= 4 is 0 Å². The van der Waals surface area contributed by atoms with Gasteiger partial charge in [-0.05, 0) is 25.1 Å². The second-order valence-corrected chi connectivity index (χ2v) is 5.07. The van der Waals surface area contributed by atoms with Crippen LogP contribution in [-0.2, 0) is 13.1 Å². The summed E-state index contributed by atoms with van der Waals surface area (Å²) in [7, 11) is 0. The van der Waals surface area contributed by atoms with Crippen LogP contribution in [0, 0.1) is 12.3 Å². The maximum absolute atomic E-state index is 5.40. The summed E-state index contributed by atoms with van der Waals surface area (Å²) >= 11 is 0. The molecule has 0 aliphatic heterocycles. The predicted octanol–water partition coefficient (Wildman–Crippen LogP) is 2.42. The highest BCUT2D eigenvalue weighted by atomic mass is 15.1. The summed E-state index contributed by atoms with van der Waals surface area (Å²) in [5, 5.41) is 3.38. The minimum atomic E-state index is 0.475. The Morgan fingerprint density at radius 2 is 2.11 bits per heavy atom. The number of pyridine rings is 1. The number of aromatic nitrogens is 1. The van der Waals surface area contributed by atoms with Crippen LogP contribution in [0.5, 0.6) is 0 Å². The molecule has 0 aliphatic rings. The third-order valence-electron chi connectivity index (χ3n) is 2.80. The van der Waals surface area contributed by atoms with Crippen LogP contribution >= 0.6 is 0 Å². The molecule has 0 saturated carbocycles. The normalized spacial score (nSPS) is 10.9. The SMILES string of the molecule is C#CCN(CCC)Cc1cccc(CNC(C)C)n1. The Hall–Kier alpha value is -1.37. The molecule has 0 radical (unpaired) electrons. The fourth-order valence-electron chi connectivity index (χ4n) is 1.91. The molecule has 0 amide bonds. The molecular weight excluding hydrogens is 234 g/mol. The van der Waals surface area contributed by atoms with Crippen LogP contribution < -0.4 is 5.32 Å². The first kappa shape index (κ1) is 15.7. The lowest BCUT2D eigenvalue weighted by atomic mass is 10.2. The summed E-state index contributed by atoms with van der Waals surface area (Å²) in [4.78, 5) is 6.93. The third kappa shape index (κ3) is 6.37. The summed E-state index contributed by atoms with van der Waals surface area (Å²) in [5.74, 6) is 2.71. The number of nitrogens with zero attached hydrogens (tertiary/aromatic N) is 2. The van der Waals surface area contributed by atoms with Crippen LogP contribution in [0.1, 0.15) is 38.6 Å². The fourth-order valence-corrected chi connectivity index (χ4v) is 1.91. The Kier molecular flexibility index (Phi) is 7.17. The van der Waals surface area contributed by atoms with E-state index in [1.807, 2.05) is 0 Å². The minimum Gasteiger partial charge on any atom is -0.309 e. The van der Waals surface area contributed by atoms with Crippen LogP contribution in [0.3, 0.4) is 0 Å². The third-order valence-corrected chi connectivity index (χ3v) is 2.80. The molecule has 104 valence electrons. The average Bonchev–Trinajstić information content (AvgIpc) is 2.37. The topological polar surface area (TPSA) is 28.2 Å². The zero-order valence-corrected chi connectivity index (χ0v) is 12.3. The van der Waals surface area contributed by atoms with E-state index in [4.69, 9.17) is 6.42 Å². The van der Waals surface area contributed by atoms with Gasteiger partial charge in [-0.25, -0.2) is 0 Å². The molecule has 3 nitrogen and oxygen atoms in total. The number of rotatable bonds is 8. The lowest BCUT2D eigenvalue weighted by molar-refractivity contribution is 0.296. The highest BCUT2D eigenvalue weighted by Crippen LogP contribution is 2.04. The summed E-state index contributed by atoms with van der Waals surface area (Å²) in [6.07, 6.45) is 6.51. The van der Waals surface area contributed by atoms with E-state index < -0.39 is 0 Å². The summed E-state index contributed by atoms with van der Waals surface area (Å²) in [5.41, 5.74) is 2.18. The number of nitrogens with one attached hydrogen (secondary N) is 1. The van der Waals surface area contributed by atoms with Crippen LogP contribution in [-0.4, -0.2) is 29.0 Å². The van der Waals surface area contributed by atoms with E-state index in [1.54, 1.807) is 0 Å². The quantitative estimate of drug-likeness (QED) is 0.727. The highest BCUT2D eigenvalue weighted by molar-refractivity contribution is 5.11. The smallest absolute Gasteiger partial charge is 0.0602 e. The van der Waals surface area contributed by atoms with Gasteiger partial charge in [0, 0.05) is 19.1 Å². The van der Waals surface area contributed by atoms with Crippen molar-refractivity contribution < 1.29 is 0 Å². The molecule has 1 heterocycles. The Morgan fingerprint density at radius 3 is 2.74 bits per heavy atom. The van der Waals surface area contributed by atoms with Gasteiger partial charge in [-0.2, -0.15) is 0 Å². The van der Waals surface area contributed by atoms with Gasteiger partial charge < -0.3 is 5.32 Å². The van der Waals surface area contributed by atoms with Gasteiger partial charge >= 0.3 is 0 Å². The largest absolute Gasteiger partial charge is 0.309 e. The molecule has 19 heavy (non-hydrogen) atoms. The van der Waals surface area contributed by atoms with E-state index >= 15 is 0 Å². The molecule has 0 spiro atoms. The van der Waals surface area contributed by atoms with Crippen molar-refractivity contribution in [1.82, 2.24) is 15.2 Å². The number of terminal acetylenes is 1. The summed E-state index contributed by atoms with van der Waals surface area (Å²) in [6, 6.07) is 6.67. The molecule has 0 aliphatic carbocycles. The molecule has 3 heteroatoms. The van der Waals surface area contributed by atoms with Gasteiger partial charge in [0.05, 0.1) is 17.9 Å².